The van der Waals surface area contributed by atoms with Gasteiger partial charge in [0.15, 0.2) is 0 Å². The van der Waals surface area contributed by atoms with E-state index in [-0.39, 0.29) is 31.0 Å². The summed E-state index contributed by atoms with van der Waals surface area (Å²) in [6, 6.07) is 11.6. The van der Waals surface area contributed by atoms with Gasteiger partial charge in [0.2, 0.25) is 15.9 Å². The fourth-order valence-electron chi connectivity index (χ4n) is 2.50. The maximum absolute atomic E-state index is 13.8. The van der Waals surface area contributed by atoms with Gasteiger partial charge in [0.25, 0.3) is 0 Å². The molecule has 0 saturated heterocycles. The number of nitrogens with zero attached hydrogens (tertiary/aromatic N) is 1. The summed E-state index contributed by atoms with van der Waals surface area (Å²) >= 11 is 0. The van der Waals surface area contributed by atoms with Crippen LogP contribution in [-0.4, -0.2) is 31.4 Å². The number of rotatable bonds is 7. The van der Waals surface area contributed by atoms with Crippen LogP contribution in [0.15, 0.2) is 42.5 Å². The molecule has 0 unspecified atom stereocenters. The molecule has 0 aliphatic rings. The van der Waals surface area contributed by atoms with Gasteiger partial charge in [-0.3, -0.25) is 4.79 Å². The fourth-order valence-corrected chi connectivity index (χ4v) is 3.30. The first-order chi connectivity index (χ1) is 12.2. The predicted molar refractivity (Wildman–Crippen MR) is 101 cm³/mol. The van der Waals surface area contributed by atoms with Crippen molar-refractivity contribution >= 4 is 21.6 Å². The molecule has 0 spiro atoms. The molecule has 2 rings (SSSR count). The summed E-state index contributed by atoms with van der Waals surface area (Å²) < 4.78 is 38.9. The molecule has 0 bridgehead atoms. The monoisotopic (exact) mass is 378 g/mol. The maximum Gasteiger partial charge on any atom is 0.225 e. The Morgan fingerprint density at radius 2 is 1.81 bits per heavy atom. The molecule has 5 nitrogen and oxygen atoms in total. The minimum atomic E-state index is -3.58. The van der Waals surface area contributed by atoms with E-state index in [1.807, 2.05) is 26.0 Å². The number of carbonyl (C=O) groups is 1. The molecular weight excluding hydrogens is 355 g/mol. The first-order valence-corrected chi connectivity index (χ1v) is 10.1. The van der Waals surface area contributed by atoms with Crippen LogP contribution in [0.2, 0.25) is 0 Å². The van der Waals surface area contributed by atoms with Crippen molar-refractivity contribution in [3.8, 4) is 0 Å². The first-order valence-electron chi connectivity index (χ1n) is 8.23. The highest BCUT2D eigenvalue weighted by Gasteiger charge is 2.20. The van der Waals surface area contributed by atoms with Crippen molar-refractivity contribution in [3.05, 3.63) is 65.0 Å². The molecule has 7 heteroatoms. The maximum atomic E-state index is 13.8. The van der Waals surface area contributed by atoms with Gasteiger partial charge in [0.1, 0.15) is 5.82 Å². The SMILES string of the molecule is Cc1cccc(NC(=O)CCN(Cc2ccccc2F)S(C)(=O)=O)c1C. The molecule has 0 fully saturated rings. The Morgan fingerprint density at radius 1 is 1.12 bits per heavy atom. The molecule has 0 radical (unpaired) electrons. The van der Waals surface area contributed by atoms with Gasteiger partial charge >= 0.3 is 0 Å². The third-order valence-corrected chi connectivity index (χ3v) is 5.49. The third-order valence-electron chi connectivity index (χ3n) is 4.24. The second-order valence-electron chi connectivity index (χ2n) is 6.23. The number of carbonyl (C=O) groups excluding carboxylic acids is 1. The number of amides is 1. The lowest BCUT2D eigenvalue weighted by Crippen LogP contribution is -2.33. The lowest BCUT2D eigenvalue weighted by atomic mass is 10.1. The summed E-state index contributed by atoms with van der Waals surface area (Å²) in [5.74, 6) is -0.762. The molecule has 26 heavy (non-hydrogen) atoms. The Kier molecular flexibility index (Phi) is 6.50. The fraction of sp³-hybridized carbons (Fsp3) is 0.316. The predicted octanol–water partition coefficient (Wildman–Crippen LogP) is 3.23. The largest absolute Gasteiger partial charge is 0.326 e. The summed E-state index contributed by atoms with van der Waals surface area (Å²) in [4.78, 5) is 12.2. The second kappa shape index (κ2) is 8.42. The van der Waals surface area contributed by atoms with Crippen LogP contribution in [0.4, 0.5) is 10.1 Å². The minimum Gasteiger partial charge on any atom is -0.326 e. The zero-order valence-electron chi connectivity index (χ0n) is 15.1. The summed E-state index contributed by atoms with van der Waals surface area (Å²) in [5, 5.41) is 2.80. The molecular formula is C19H23FN2O3S. The van der Waals surface area contributed by atoms with Crippen molar-refractivity contribution in [2.24, 2.45) is 0 Å². The molecule has 0 aliphatic carbocycles. The molecule has 0 saturated carbocycles. The Balaban J connectivity index is 2.04. The van der Waals surface area contributed by atoms with E-state index in [4.69, 9.17) is 0 Å². The normalized spacial score (nSPS) is 11.6. The van der Waals surface area contributed by atoms with Crippen LogP contribution in [0, 0.1) is 19.7 Å². The average Bonchev–Trinajstić information content (AvgIpc) is 2.56. The Hall–Kier alpha value is -2.25. The highest BCUT2D eigenvalue weighted by molar-refractivity contribution is 7.88. The molecule has 2 aromatic carbocycles. The van der Waals surface area contributed by atoms with Crippen LogP contribution < -0.4 is 5.32 Å². The van der Waals surface area contributed by atoms with Crippen molar-refractivity contribution in [2.45, 2.75) is 26.8 Å². The zero-order valence-corrected chi connectivity index (χ0v) is 15.9. The van der Waals surface area contributed by atoms with Crippen LogP contribution in [-0.2, 0) is 21.4 Å². The molecule has 0 heterocycles. The molecule has 140 valence electrons. The van der Waals surface area contributed by atoms with Crippen LogP contribution in [0.5, 0.6) is 0 Å². The highest BCUT2D eigenvalue weighted by Crippen LogP contribution is 2.18. The Bertz CT molecular complexity index is 897. The van der Waals surface area contributed by atoms with E-state index < -0.39 is 15.8 Å². The van der Waals surface area contributed by atoms with Crippen molar-refractivity contribution in [2.75, 3.05) is 18.1 Å². The molecule has 0 aromatic heterocycles. The summed E-state index contributed by atoms with van der Waals surface area (Å²) in [5.41, 5.74) is 3.00. The van der Waals surface area contributed by atoms with Crippen LogP contribution in [0.25, 0.3) is 0 Å². The van der Waals surface area contributed by atoms with Gasteiger partial charge in [-0.15, -0.1) is 0 Å². The number of hydrogen-bond donors (Lipinski definition) is 1. The number of sulfonamides is 1. The molecule has 0 atom stereocenters. The smallest absolute Gasteiger partial charge is 0.225 e. The quantitative estimate of drug-likeness (QED) is 0.804. The molecule has 1 amide bonds. The number of anilines is 1. The first kappa shape index (κ1) is 20.1. The second-order valence-corrected chi connectivity index (χ2v) is 8.22. The van der Waals surface area contributed by atoms with Gasteiger partial charge in [-0.05, 0) is 37.1 Å². The van der Waals surface area contributed by atoms with Crippen molar-refractivity contribution < 1.29 is 17.6 Å². The van der Waals surface area contributed by atoms with E-state index in [1.165, 1.54) is 12.1 Å². The summed E-state index contributed by atoms with van der Waals surface area (Å²) in [6.45, 7) is 3.73. The number of aryl methyl sites for hydroxylation is 1. The highest BCUT2D eigenvalue weighted by atomic mass is 32.2. The summed E-state index contributed by atoms with van der Waals surface area (Å²) in [6.07, 6.45) is 1.03. The summed E-state index contributed by atoms with van der Waals surface area (Å²) in [7, 11) is -3.58. The van der Waals surface area contributed by atoms with Gasteiger partial charge in [-0.2, -0.15) is 4.31 Å². The topological polar surface area (TPSA) is 66.5 Å². The lowest BCUT2D eigenvalue weighted by Gasteiger charge is -2.20. The standard InChI is InChI=1S/C19H23FN2O3S/c1-14-7-6-10-18(15(14)2)21-19(23)11-12-22(26(3,24)25)13-16-8-4-5-9-17(16)20/h4-10H,11-13H2,1-3H3,(H,21,23). The van der Waals surface area contributed by atoms with Crippen molar-refractivity contribution in [1.29, 1.82) is 0 Å². The van der Waals surface area contributed by atoms with E-state index in [0.29, 0.717) is 5.69 Å². The minimum absolute atomic E-state index is 0.0189. The number of hydrogen-bond acceptors (Lipinski definition) is 3. The van der Waals surface area contributed by atoms with Crippen LogP contribution in [0.3, 0.4) is 0 Å². The van der Waals surface area contributed by atoms with E-state index in [0.717, 1.165) is 21.7 Å². The number of benzene rings is 2. The molecule has 0 aliphatic heterocycles. The Labute approximate surface area is 153 Å². The van der Waals surface area contributed by atoms with Crippen molar-refractivity contribution in [3.63, 3.8) is 0 Å². The van der Waals surface area contributed by atoms with E-state index in [1.54, 1.807) is 18.2 Å². The van der Waals surface area contributed by atoms with Crippen LogP contribution >= 0.6 is 0 Å². The van der Waals surface area contributed by atoms with Gasteiger partial charge in [0.05, 0.1) is 6.26 Å². The van der Waals surface area contributed by atoms with Crippen LogP contribution in [0.1, 0.15) is 23.1 Å². The molecule has 1 N–H and O–H groups in total. The van der Waals surface area contributed by atoms with Crippen molar-refractivity contribution in [1.82, 2.24) is 4.31 Å². The average molecular weight is 378 g/mol. The van der Waals surface area contributed by atoms with E-state index in [2.05, 4.69) is 5.32 Å². The zero-order chi connectivity index (χ0) is 19.3. The van der Waals surface area contributed by atoms with Gasteiger partial charge in [-0.25, -0.2) is 12.8 Å². The Morgan fingerprint density at radius 3 is 2.46 bits per heavy atom. The van der Waals surface area contributed by atoms with E-state index >= 15 is 0 Å². The van der Waals surface area contributed by atoms with Gasteiger partial charge < -0.3 is 5.32 Å². The van der Waals surface area contributed by atoms with Gasteiger partial charge in [-0.1, -0.05) is 30.3 Å². The third kappa shape index (κ3) is 5.37. The lowest BCUT2D eigenvalue weighted by molar-refractivity contribution is -0.116. The number of nitrogens with one attached hydrogen (secondary N) is 1. The number of halogens is 1. The van der Waals surface area contributed by atoms with Gasteiger partial charge in [0, 0.05) is 30.8 Å². The molecule has 2 aromatic rings. The van der Waals surface area contributed by atoms with E-state index in [9.17, 15) is 17.6 Å².